The molecule has 0 aliphatic heterocycles. The molecule has 0 radical (unpaired) electrons. The first-order valence-electron chi connectivity index (χ1n) is 8.62. The van der Waals surface area contributed by atoms with E-state index < -0.39 is 0 Å². The molecular weight excluding hydrogens is 312 g/mol. The van der Waals surface area contributed by atoms with Crippen LogP contribution in [0.15, 0.2) is 24.3 Å². The Balaban J connectivity index is 1.97. The topological polar surface area (TPSA) is 61.9 Å². The maximum atomic E-state index is 12.5. The van der Waals surface area contributed by atoms with E-state index in [4.69, 9.17) is 5.26 Å². The molecule has 132 valence electrons. The van der Waals surface area contributed by atoms with Gasteiger partial charge in [0.25, 0.3) is 0 Å². The van der Waals surface area contributed by atoms with Crippen molar-refractivity contribution in [3.8, 4) is 6.07 Å². The van der Waals surface area contributed by atoms with Crippen molar-refractivity contribution in [2.75, 3.05) is 7.05 Å². The van der Waals surface area contributed by atoms with Gasteiger partial charge in [0.05, 0.1) is 24.7 Å². The molecule has 0 N–H and O–H groups in total. The molecule has 0 aliphatic rings. The quantitative estimate of drug-likeness (QED) is 0.778. The van der Waals surface area contributed by atoms with Crippen LogP contribution in [0.2, 0.25) is 0 Å². The van der Waals surface area contributed by atoms with Crippen molar-refractivity contribution < 1.29 is 4.79 Å². The van der Waals surface area contributed by atoms with Crippen LogP contribution in [0.4, 0.5) is 0 Å². The summed E-state index contributed by atoms with van der Waals surface area (Å²) >= 11 is 0. The number of carbonyl (C=O) groups is 1. The van der Waals surface area contributed by atoms with Gasteiger partial charge in [0.2, 0.25) is 5.91 Å². The van der Waals surface area contributed by atoms with Gasteiger partial charge in [-0.05, 0) is 43.9 Å². The zero-order chi connectivity index (χ0) is 18.4. The summed E-state index contributed by atoms with van der Waals surface area (Å²) in [4.78, 5) is 14.3. The molecule has 0 saturated carbocycles. The number of nitrogens with zero attached hydrogens (tertiary/aromatic N) is 4. The normalized spacial score (nSPS) is 10.5. The summed E-state index contributed by atoms with van der Waals surface area (Å²) in [6, 6.07) is 10.3. The van der Waals surface area contributed by atoms with Gasteiger partial charge in [0.1, 0.15) is 0 Å². The van der Waals surface area contributed by atoms with Gasteiger partial charge in [0.15, 0.2) is 0 Å². The van der Waals surface area contributed by atoms with Crippen LogP contribution in [0.3, 0.4) is 0 Å². The number of carbonyl (C=O) groups excluding carboxylic acids is 1. The van der Waals surface area contributed by atoms with E-state index in [1.165, 1.54) is 11.1 Å². The number of hydrogen-bond acceptors (Lipinski definition) is 3. The lowest BCUT2D eigenvalue weighted by Gasteiger charge is -2.18. The van der Waals surface area contributed by atoms with Gasteiger partial charge < -0.3 is 4.90 Å². The van der Waals surface area contributed by atoms with Gasteiger partial charge in [-0.3, -0.25) is 9.48 Å². The number of benzene rings is 1. The Bertz CT molecular complexity index is 785. The highest BCUT2D eigenvalue weighted by Crippen LogP contribution is 2.17. The number of nitriles is 1. The minimum atomic E-state index is 0.131. The molecule has 0 saturated heterocycles. The third kappa shape index (κ3) is 4.69. The van der Waals surface area contributed by atoms with Crippen LogP contribution in [0.25, 0.3) is 0 Å². The van der Waals surface area contributed by atoms with Crippen LogP contribution in [-0.4, -0.2) is 27.6 Å². The van der Waals surface area contributed by atoms with Crippen LogP contribution < -0.4 is 0 Å². The molecular formula is C20H26N4O. The summed E-state index contributed by atoms with van der Waals surface area (Å²) in [6.45, 7) is 7.27. The maximum Gasteiger partial charge on any atom is 0.222 e. The lowest BCUT2D eigenvalue weighted by Crippen LogP contribution is -2.26. The van der Waals surface area contributed by atoms with Gasteiger partial charge >= 0.3 is 0 Å². The van der Waals surface area contributed by atoms with E-state index in [1.54, 1.807) is 4.90 Å². The molecule has 25 heavy (non-hydrogen) atoms. The Morgan fingerprint density at radius 1 is 1.28 bits per heavy atom. The van der Waals surface area contributed by atoms with Gasteiger partial charge in [0, 0.05) is 25.7 Å². The van der Waals surface area contributed by atoms with E-state index in [0.29, 0.717) is 32.4 Å². The fourth-order valence-corrected chi connectivity index (χ4v) is 3.02. The number of aromatic nitrogens is 2. The highest BCUT2D eigenvalue weighted by Gasteiger charge is 2.15. The molecule has 2 aromatic rings. The van der Waals surface area contributed by atoms with Gasteiger partial charge in [-0.2, -0.15) is 10.4 Å². The number of aryl methyl sites for hydroxylation is 3. The molecule has 0 aliphatic carbocycles. The van der Waals surface area contributed by atoms with E-state index in [2.05, 4.69) is 30.2 Å². The first-order chi connectivity index (χ1) is 11.9. The monoisotopic (exact) mass is 338 g/mol. The maximum absolute atomic E-state index is 12.5. The molecule has 0 unspecified atom stereocenters. The summed E-state index contributed by atoms with van der Waals surface area (Å²) in [5.41, 5.74) is 5.50. The molecule has 0 fully saturated rings. The summed E-state index contributed by atoms with van der Waals surface area (Å²) in [7, 11) is 1.85. The first-order valence-corrected chi connectivity index (χ1v) is 8.62. The van der Waals surface area contributed by atoms with Gasteiger partial charge in [-0.1, -0.05) is 24.3 Å². The summed E-state index contributed by atoms with van der Waals surface area (Å²) in [6.07, 6.45) is 1.59. The summed E-state index contributed by atoms with van der Waals surface area (Å²) in [5, 5.41) is 13.2. The molecule has 1 heterocycles. The van der Waals surface area contributed by atoms with Crippen LogP contribution >= 0.6 is 0 Å². The van der Waals surface area contributed by atoms with Crippen LogP contribution in [0.1, 0.15) is 40.9 Å². The first kappa shape index (κ1) is 18.7. The van der Waals surface area contributed by atoms with E-state index in [-0.39, 0.29) is 5.91 Å². The molecule has 1 amide bonds. The summed E-state index contributed by atoms with van der Waals surface area (Å²) in [5.74, 6) is 0.131. The van der Waals surface area contributed by atoms with E-state index >= 15 is 0 Å². The third-order valence-electron chi connectivity index (χ3n) is 4.65. The number of hydrogen-bond donors (Lipinski definition) is 0. The molecule has 5 nitrogen and oxygen atoms in total. The molecule has 0 spiro atoms. The highest BCUT2D eigenvalue weighted by atomic mass is 16.2. The van der Waals surface area contributed by atoms with Gasteiger partial charge in [-0.25, -0.2) is 0 Å². The second kappa shape index (κ2) is 8.48. The average molecular weight is 338 g/mol. The molecule has 0 bridgehead atoms. The fourth-order valence-electron chi connectivity index (χ4n) is 3.02. The Labute approximate surface area is 149 Å². The van der Waals surface area contributed by atoms with Crippen LogP contribution in [-0.2, 0) is 24.3 Å². The van der Waals surface area contributed by atoms with Gasteiger partial charge in [-0.15, -0.1) is 0 Å². The van der Waals surface area contributed by atoms with Crippen LogP contribution in [0.5, 0.6) is 0 Å². The zero-order valence-electron chi connectivity index (χ0n) is 15.5. The van der Waals surface area contributed by atoms with E-state index in [0.717, 1.165) is 17.0 Å². The second-order valence-corrected chi connectivity index (χ2v) is 6.46. The number of amides is 1. The van der Waals surface area contributed by atoms with Crippen molar-refractivity contribution in [3.63, 3.8) is 0 Å². The minimum absolute atomic E-state index is 0.131. The van der Waals surface area contributed by atoms with Crippen LogP contribution in [0, 0.1) is 32.1 Å². The predicted octanol–water partition coefficient (Wildman–Crippen LogP) is 3.31. The van der Waals surface area contributed by atoms with E-state index in [9.17, 15) is 4.79 Å². The Morgan fingerprint density at radius 2 is 2.00 bits per heavy atom. The Hall–Kier alpha value is -2.61. The van der Waals surface area contributed by atoms with Crippen molar-refractivity contribution in [2.24, 2.45) is 0 Å². The molecule has 2 rings (SSSR count). The molecule has 1 aromatic carbocycles. The SMILES string of the molecule is Cc1ccccc1CN(C)C(=O)CCc1c(C)nn(CCC#N)c1C. The Kier molecular flexibility index (Phi) is 6.35. The Morgan fingerprint density at radius 3 is 2.68 bits per heavy atom. The molecule has 1 aromatic heterocycles. The second-order valence-electron chi connectivity index (χ2n) is 6.46. The molecule has 5 heteroatoms. The smallest absolute Gasteiger partial charge is 0.222 e. The third-order valence-corrected chi connectivity index (χ3v) is 4.65. The minimum Gasteiger partial charge on any atom is -0.341 e. The fraction of sp³-hybridized carbons (Fsp3) is 0.450. The van der Waals surface area contributed by atoms with E-state index in [1.807, 2.05) is 37.7 Å². The zero-order valence-corrected chi connectivity index (χ0v) is 15.5. The largest absolute Gasteiger partial charge is 0.341 e. The van der Waals surface area contributed by atoms with Crippen molar-refractivity contribution in [1.82, 2.24) is 14.7 Å². The number of rotatable bonds is 7. The summed E-state index contributed by atoms with van der Waals surface area (Å²) < 4.78 is 1.87. The lowest BCUT2D eigenvalue weighted by atomic mass is 10.1. The standard InChI is InChI=1S/C20H26N4O/c1-15-8-5-6-9-18(15)14-23(4)20(25)11-10-19-16(2)22-24(17(19)3)13-7-12-21/h5-6,8-9H,7,10-11,13-14H2,1-4H3. The lowest BCUT2D eigenvalue weighted by molar-refractivity contribution is -0.130. The van der Waals surface area contributed by atoms with Crippen molar-refractivity contribution in [3.05, 3.63) is 52.3 Å². The van der Waals surface area contributed by atoms with Crippen molar-refractivity contribution in [2.45, 2.75) is 53.1 Å². The van der Waals surface area contributed by atoms with Crippen molar-refractivity contribution in [1.29, 1.82) is 5.26 Å². The predicted molar refractivity (Wildman–Crippen MR) is 97.9 cm³/mol. The van der Waals surface area contributed by atoms with Crippen molar-refractivity contribution >= 4 is 5.91 Å². The molecule has 0 atom stereocenters. The average Bonchev–Trinajstić information content (AvgIpc) is 2.86. The highest BCUT2D eigenvalue weighted by molar-refractivity contribution is 5.76.